The van der Waals surface area contributed by atoms with Crippen molar-refractivity contribution in [2.24, 2.45) is 0 Å². The molecule has 3 rings (SSSR count). The molecule has 5 nitrogen and oxygen atoms in total. The molecule has 0 heterocycles. The topological polar surface area (TPSA) is 56.8 Å². The number of nitrogens with one attached hydrogen (secondary N) is 1. The Balaban J connectivity index is 1.80. The molecule has 0 radical (unpaired) electrons. The molecule has 0 aromatic heterocycles. The largest absolute Gasteiger partial charge is 0.497 e. The quantitative estimate of drug-likeness (QED) is 0.523. The van der Waals surface area contributed by atoms with Crippen LogP contribution in [-0.4, -0.2) is 20.1 Å². The van der Waals surface area contributed by atoms with E-state index in [1.54, 1.807) is 32.4 Å². The summed E-state index contributed by atoms with van der Waals surface area (Å²) in [6.07, 6.45) is 0. The number of amides is 1. The average molecular weight is 426 g/mol. The first-order valence-corrected chi connectivity index (χ1v) is 9.88. The fraction of sp³-hybridized carbons (Fsp3) is 0.208. The van der Waals surface area contributed by atoms with Crippen molar-refractivity contribution in [1.29, 1.82) is 0 Å². The zero-order valence-corrected chi connectivity index (χ0v) is 17.9. The minimum Gasteiger partial charge on any atom is -0.497 e. The van der Waals surface area contributed by atoms with E-state index in [0.717, 1.165) is 11.1 Å². The van der Waals surface area contributed by atoms with Crippen molar-refractivity contribution in [2.45, 2.75) is 19.6 Å². The van der Waals surface area contributed by atoms with E-state index in [1.807, 2.05) is 55.5 Å². The summed E-state index contributed by atoms with van der Waals surface area (Å²) in [5.41, 5.74) is 2.18. The number of hydrogen-bond acceptors (Lipinski definition) is 4. The number of methoxy groups -OCH3 is 2. The van der Waals surface area contributed by atoms with Crippen molar-refractivity contribution in [3.63, 3.8) is 0 Å². The summed E-state index contributed by atoms with van der Waals surface area (Å²) in [7, 11) is 3.18. The molecule has 0 aliphatic heterocycles. The number of carbonyl (C=O) groups excluding carboxylic acids is 1. The van der Waals surface area contributed by atoms with Crippen LogP contribution in [0.4, 0.5) is 0 Å². The number of rotatable bonds is 8. The zero-order chi connectivity index (χ0) is 21.5. The summed E-state index contributed by atoms with van der Waals surface area (Å²) in [6.45, 7) is 2.23. The van der Waals surface area contributed by atoms with Crippen LogP contribution in [0.15, 0.2) is 66.7 Å². The summed E-state index contributed by atoms with van der Waals surface area (Å²) in [4.78, 5) is 13.0. The van der Waals surface area contributed by atoms with Crippen molar-refractivity contribution in [1.82, 2.24) is 5.32 Å². The molecule has 1 N–H and O–H groups in total. The average Bonchev–Trinajstić information content (AvgIpc) is 2.78. The van der Waals surface area contributed by atoms with E-state index < -0.39 is 0 Å². The SMILES string of the molecule is COc1ccc(OC)c([C@@H](C)NC(=O)c2cc(Cl)ccc2OCc2ccccc2)c1. The molecule has 0 spiro atoms. The summed E-state index contributed by atoms with van der Waals surface area (Å²) in [6, 6.07) is 19.9. The highest BCUT2D eigenvalue weighted by Gasteiger charge is 2.19. The van der Waals surface area contributed by atoms with Crippen LogP contribution in [-0.2, 0) is 6.61 Å². The Morgan fingerprint density at radius 1 is 0.967 bits per heavy atom. The minimum absolute atomic E-state index is 0.294. The number of carbonyl (C=O) groups is 1. The van der Waals surface area contributed by atoms with Crippen LogP contribution in [0, 0.1) is 0 Å². The predicted molar refractivity (Wildman–Crippen MR) is 118 cm³/mol. The van der Waals surface area contributed by atoms with Crippen LogP contribution in [0.3, 0.4) is 0 Å². The molecule has 0 fully saturated rings. The molecular formula is C24H24ClNO4. The second kappa shape index (κ2) is 10.0. The van der Waals surface area contributed by atoms with Gasteiger partial charge in [-0.15, -0.1) is 0 Å². The van der Waals surface area contributed by atoms with Gasteiger partial charge in [-0.2, -0.15) is 0 Å². The van der Waals surface area contributed by atoms with Gasteiger partial charge in [0.25, 0.3) is 5.91 Å². The van der Waals surface area contributed by atoms with Crippen LogP contribution >= 0.6 is 11.6 Å². The van der Waals surface area contributed by atoms with Gasteiger partial charge >= 0.3 is 0 Å². The molecule has 30 heavy (non-hydrogen) atoms. The van der Waals surface area contributed by atoms with E-state index in [-0.39, 0.29) is 11.9 Å². The Morgan fingerprint density at radius 3 is 2.40 bits per heavy atom. The number of hydrogen-bond donors (Lipinski definition) is 1. The highest BCUT2D eigenvalue weighted by Crippen LogP contribution is 2.30. The van der Waals surface area contributed by atoms with Crippen LogP contribution < -0.4 is 19.5 Å². The van der Waals surface area contributed by atoms with E-state index in [2.05, 4.69) is 5.32 Å². The van der Waals surface area contributed by atoms with Gasteiger partial charge in [0.15, 0.2) is 0 Å². The summed E-state index contributed by atoms with van der Waals surface area (Å²) in [5.74, 6) is 1.51. The summed E-state index contributed by atoms with van der Waals surface area (Å²) < 4.78 is 16.6. The van der Waals surface area contributed by atoms with Crippen molar-refractivity contribution in [3.8, 4) is 17.2 Å². The lowest BCUT2D eigenvalue weighted by Gasteiger charge is -2.19. The fourth-order valence-corrected chi connectivity index (χ4v) is 3.24. The van der Waals surface area contributed by atoms with Crippen LogP contribution in [0.1, 0.15) is 34.5 Å². The molecule has 6 heteroatoms. The summed E-state index contributed by atoms with van der Waals surface area (Å²) >= 11 is 6.15. The van der Waals surface area contributed by atoms with E-state index in [0.29, 0.717) is 34.4 Å². The molecule has 0 bridgehead atoms. The van der Waals surface area contributed by atoms with Crippen LogP contribution in [0.5, 0.6) is 17.2 Å². The maximum Gasteiger partial charge on any atom is 0.255 e. The fourth-order valence-electron chi connectivity index (χ4n) is 3.07. The third kappa shape index (κ3) is 5.24. The number of ether oxygens (including phenoxy) is 3. The van der Waals surface area contributed by atoms with Gasteiger partial charge in [-0.1, -0.05) is 41.9 Å². The van der Waals surface area contributed by atoms with Gasteiger partial charge in [0, 0.05) is 10.6 Å². The molecular weight excluding hydrogens is 402 g/mol. The van der Waals surface area contributed by atoms with E-state index in [4.69, 9.17) is 25.8 Å². The van der Waals surface area contributed by atoms with Crippen molar-refractivity contribution in [2.75, 3.05) is 14.2 Å². The van der Waals surface area contributed by atoms with Gasteiger partial charge in [0.2, 0.25) is 0 Å². The standard InChI is InChI=1S/C24H24ClNO4/c1-16(20-14-19(28-2)10-12-22(20)29-3)26-24(27)21-13-18(25)9-11-23(21)30-15-17-7-5-4-6-8-17/h4-14,16H,15H2,1-3H3,(H,26,27)/t16-/m1/s1. The first-order chi connectivity index (χ1) is 14.5. The Bertz CT molecular complexity index is 1010. The smallest absolute Gasteiger partial charge is 0.255 e. The van der Waals surface area contributed by atoms with Crippen molar-refractivity contribution >= 4 is 17.5 Å². The first kappa shape index (κ1) is 21.5. The normalized spacial score (nSPS) is 11.5. The molecule has 156 valence electrons. The lowest BCUT2D eigenvalue weighted by Crippen LogP contribution is -2.27. The molecule has 3 aromatic carbocycles. The second-order valence-electron chi connectivity index (χ2n) is 6.72. The minimum atomic E-state index is -0.330. The van der Waals surface area contributed by atoms with Gasteiger partial charge < -0.3 is 19.5 Å². The molecule has 0 saturated carbocycles. The van der Waals surface area contributed by atoms with E-state index >= 15 is 0 Å². The van der Waals surface area contributed by atoms with E-state index in [1.165, 1.54) is 0 Å². The lowest BCUT2D eigenvalue weighted by molar-refractivity contribution is 0.0935. The molecule has 3 aromatic rings. The van der Waals surface area contributed by atoms with Gasteiger partial charge in [0.05, 0.1) is 25.8 Å². The van der Waals surface area contributed by atoms with Crippen LogP contribution in [0.2, 0.25) is 5.02 Å². The van der Waals surface area contributed by atoms with Gasteiger partial charge in [0.1, 0.15) is 23.9 Å². The molecule has 0 aliphatic carbocycles. The predicted octanol–water partition coefficient (Wildman–Crippen LogP) is 5.43. The Kier molecular flexibility index (Phi) is 7.20. The number of halogens is 1. The van der Waals surface area contributed by atoms with Gasteiger partial charge in [-0.25, -0.2) is 0 Å². The van der Waals surface area contributed by atoms with Gasteiger partial charge in [-0.3, -0.25) is 4.79 Å². The zero-order valence-electron chi connectivity index (χ0n) is 17.1. The maximum absolute atomic E-state index is 13.0. The van der Waals surface area contributed by atoms with Crippen molar-refractivity contribution < 1.29 is 19.0 Å². The molecule has 0 aliphatic rings. The number of benzene rings is 3. The Labute approximate surface area is 181 Å². The maximum atomic E-state index is 13.0. The van der Waals surface area contributed by atoms with Crippen molar-refractivity contribution in [3.05, 3.63) is 88.4 Å². The summed E-state index contributed by atoms with van der Waals surface area (Å²) in [5, 5.41) is 3.45. The highest BCUT2D eigenvalue weighted by molar-refractivity contribution is 6.31. The Morgan fingerprint density at radius 2 is 1.70 bits per heavy atom. The van der Waals surface area contributed by atoms with Gasteiger partial charge in [-0.05, 0) is 48.9 Å². The third-order valence-electron chi connectivity index (χ3n) is 4.67. The lowest BCUT2D eigenvalue weighted by atomic mass is 10.1. The molecule has 1 atom stereocenters. The third-order valence-corrected chi connectivity index (χ3v) is 4.91. The Hall–Kier alpha value is -3.18. The first-order valence-electron chi connectivity index (χ1n) is 9.51. The monoisotopic (exact) mass is 425 g/mol. The molecule has 0 unspecified atom stereocenters. The molecule has 0 saturated heterocycles. The second-order valence-corrected chi connectivity index (χ2v) is 7.15. The van der Waals surface area contributed by atoms with E-state index in [9.17, 15) is 4.79 Å². The van der Waals surface area contributed by atoms with Crippen LogP contribution in [0.25, 0.3) is 0 Å². The highest BCUT2D eigenvalue weighted by atomic mass is 35.5. The molecule has 1 amide bonds.